The van der Waals surface area contributed by atoms with E-state index in [0.717, 1.165) is 30.2 Å². The highest BCUT2D eigenvalue weighted by Gasteiger charge is 2.39. The van der Waals surface area contributed by atoms with Gasteiger partial charge in [-0.1, -0.05) is 19.3 Å². The zero-order chi connectivity index (χ0) is 13.9. The lowest BCUT2D eigenvalue weighted by Gasteiger charge is -2.37. The van der Waals surface area contributed by atoms with Crippen LogP contribution >= 0.6 is 27.3 Å². The van der Waals surface area contributed by atoms with Crippen LogP contribution in [0.1, 0.15) is 37.0 Å². The Balaban J connectivity index is 2.04. The Labute approximate surface area is 127 Å². The molecule has 0 saturated heterocycles. The summed E-state index contributed by atoms with van der Waals surface area (Å²) in [5, 5.41) is 2.05. The Morgan fingerprint density at radius 3 is 2.68 bits per heavy atom. The average molecular weight is 345 g/mol. The fourth-order valence-corrected chi connectivity index (χ4v) is 4.38. The van der Waals surface area contributed by atoms with Crippen LogP contribution in [0.2, 0.25) is 0 Å². The van der Waals surface area contributed by atoms with Crippen molar-refractivity contribution in [3.05, 3.63) is 20.8 Å². The van der Waals surface area contributed by atoms with Crippen molar-refractivity contribution in [2.75, 3.05) is 13.6 Å². The first-order valence-electron chi connectivity index (χ1n) is 6.76. The third kappa shape index (κ3) is 3.38. The summed E-state index contributed by atoms with van der Waals surface area (Å²) < 4.78 is 1.08. The van der Waals surface area contributed by atoms with Gasteiger partial charge in [-0.2, -0.15) is 0 Å². The molecule has 2 rings (SSSR count). The quantitative estimate of drug-likeness (QED) is 0.909. The molecular weight excluding hydrogens is 324 g/mol. The maximum Gasteiger partial charge on any atom is 0.230 e. The molecule has 1 heterocycles. The fourth-order valence-electron chi connectivity index (χ4n) is 2.88. The van der Waals surface area contributed by atoms with E-state index in [1.165, 1.54) is 11.3 Å². The Hall–Kier alpha value is -0.390. The van der Waals surface area contributed by atoms with E-state index in [1.54, 1.807) is 11.3 Å². The van der Waals surface area contributed by atoms with Crippen molar-refractivity contribution in [1.29, 1.82) is 0 Å². The minimum atomic E-state index is -0.304. The predicted molar refractivity (Wildman–Crippen MR) is 83.1 cm³/mol. The summed E-state index contributed by atoms with van der Waals surface area (Å²) in [6.45, 7) is 1.15. The second kappa shape index (κ2) is 6.37. The van der Waals surface area contributed by atoms with Gasteiger partial charge in [0, 0.05) is 28.3 Å². The third-order valence-corrected chi connectivity index (χ3v) is 5.70. The van der Waals surface area contributed by atoms with E-state index in [2.05, 4.69) is 22.0 Å². The fraction of sp³-hybridized carbons (Fsp3) is 0.643. The maximum absolute atomic E-state index is 12.7. The van der Waals surface area contributed by atoms with E-state index in [4.69, 9.17) is 5.73 Å². The summed E-state index contributed by atoms with van der Waals surface area (Å²) in [7, 11) is 1.89. The van der Waals surface area contributed by atoms with Gasteiger partial charge >= 0.3 is 0 Å². The number of hydrogen-bond donors (Lipinski definition) is 1. The van der Waals surface area contributed by atoms with Gasteiger partial charge in [0.1, 0.15) is 0 Å². The largest absolute Gasteiger partial charge is 0.340 e. The predicted octanol–water partition coefficient (Wildman–Crippen LogP) is 3.38. The lowest BCUT2D eigenvalue weighted by molar-refractivity contribution is -0.142. The second-order valence-electron chi connectivity index (χ2n) is 5.44. The smallest absolute Gasteiger partial charge is 0.230 e. The van der Waals surface area contributed by atoms with Gasteiger partial charge in [0.05, 0.1) is 12.0 Å². The highest BCUT2D eigenvalue weighted by Crippen LogP contribution is 2.37. The molecule has 1 aromatic heterocycles. The molecule has 106 valence electrons. The van der Waals surface area contributed by atoms with Crippen LogP contribution < -0.4 is 5.73 Å². The summed E-state index contributed by atoms with van der Waals surface area (Å²) >= 11 is 5.12. The van der Waals surface area contributed by atoms with Crippen LogP contribution in [0.15, 0.2) is 15.9 Å². The van der Waals surface area contributed by atoms with Gasteiger partial charge in [0.15, 0.2) is 0 Å². The SMILES string of the molecule is CN(Cc1cc(Br)cs1)C(=O)C1(CN)CCCCC1. The van der Waals surface area contributed by atoms with Crippen LogP contribution in [-0.2, 0) is 11.3 Å². The van der Waals surface area contributed by atoms with E-state index < -0.39 is 0 Å². The van der Waals surface area contributed by atoms with Gasteiger partial charge < -0.3 is 10.6 Å². The summed E-state index contributed by atoms with van der Waals surface area (Å²) in [6, 6.07) is 2.07. The molecule has 0 aromatic carbocycles. The van der Waals surface area contributed by atoms with Crippen LogP contribution in [0.4, 0.5) is 0 Å². The zero-order valence-corrected chi connectivity index (χ0v) is 13.7. The van der Waals surface area contributed by atoms with Crippen molar-refractivity contribution in [3.63, 3.8) is 0 Å². The number of carbonyl (C=O) groups excluding carboxylic acids is 1. The van der Waals surface area contributed by atoms with Crippen molar-refractivity contribution in [1.82, 2.24) is 4.90 Å². The molecule has 19 heavy (non-hydrogen) atoms. The van der Waals surface area contributed by atoms with E-state index in [0.29, 0.717) is 13.1 Å². The van der Waals surface area contributed by atoms with Gasteiger partial charge in [-0.25, -0.2) is 0 Å². The van der Waals surface area contributed by atoms with E-state index in [1.807, 2.05) is 17.3 Å². The molecule has 5 heteroatoms. The highest BCUT2D eigenvalue weighted by atomic mass is 79.9. The van der Waals surface area contributed by atoms with Crippen molar-refractivity contribution >= 4 is 33.2 Å². The molecule has 1 aliphatic rings. The van der Waals surface area contributed by atoms with Crippen molar-refractivity contribution in [3.8, 4) is 0 Å². The molecule has 1 aromatic rings. The number of carbonyl (C=O) groups is 1. The van der Waals surface area contributed by atoms with Gasteiger partial charge in [-0.3, -0.25) is 4.79 Å². The molecule has 0 spiro atoms. The summed E-state index contributed by atoms with van der Waals surface area (Å²) in [5.41, 5.74) is 5.62. The number of thiophene rings is 1. The van der Waals surface area contributed by atoms with Crippen LogP contribution in [0.5, 0.6) is 0 Å². The molecule has 1 fully saturated rings. The second-order valence-corrected chi connectivity index (χ2v) is 7.35. The monoisotopic (exact) mass is 344 g/mol. The molecule has 2 N–H and O–H groups in total. The summed E-state index contributed by atoms with van der Waals surface area (Å²) in [6.07, 6.45) is 5.38. The normalized spacial score (nSPS) is 18.3. The van der Waals surface area contributed by atoms with Gasteiger partial charge in [-0.15, -0.1) is 11.3 Å². The molecule has 3 nitrogen and oxygen atoms in total. The number of amides is 1. The molecule has 0 atom stereocenters. The Kier molecular flexibility index (Phi) is 5.03. The first-order valence-corrected chi connectivity index (χ1v) is 8.43. The minimum absolute atomic E-state index is 0.222. The maximum atomic E-state index is 12.7. The third-order valence-electron chi connectivity index (χ3n) is 4.02. The van der Waals surface area contributed by atoms with Crippen LogP contribution in [0, 0.1) is 5.41 Å². The van der Waals surface area contributed by atoms with E-state index in [9.17, 15) is 4.79 Å². The molecule has 1 amide bonds. The number of nitrogens with two attached hydrogens (primary N) is 1. The minimum Gasteiger partial charge on any atom is -0.340 e. The van der Waals surface area contributed by atoms with Gasteiger partial charge in [0.2, 0.25) is 5.91 Å². The van der Waals surface area contributed by atoms with E-state index >= 15 is 0 Å². The highest BCUT2D eigenvalue weighted by molar-refractivity contribution is 9.10. The lowest BCUT2D eigenvalue weighted by atomic mass is 9.73. The number of nitrogens with zero attached hydrogens (tertiary/aromatic N) is 1. The number of hydrogen-bond acceptors (Lipinski definition) is 3. The topological polar surface area (TPSA) is 46.3 Å². The van der Waals surface area contributed by atoms with Crippen LogP contribution in [0.25, 0.3) is 0 Å². The number of halogens is 1. The van der Waals surface area contributed by atoms with Gasteiger partial charge in [0.25, 0.3) is 0 Å². The first-order chi connectivity index (χ1) is 9.07. The Morgan fingerprint density at radius 1 is 1.47 bits per heavy atom. The van der Waals surface area contributed by atoms with Crippen molar-refractivity contribution in [2.45, 2.75) is 38.6 Å². The standard InChI is InChI=1S/C14H21BrN2OS/c1-17(8-12-7-11(15)9-19-12)13(18)14(10-16)5-3-2-4-6-14/h7,9H,2-6,8,10,16H2,1H3. The molecule has 1 aliphatic carbocycles. The molecule has 0 bridgehead atoms. The van der Waals surface area contributed by atoms with Crippen molar-refractivity contribution < 1.29 is 4.79 Å². The molecule has 1 saturated carbocycles. The molecule has 0 unspecified atom stereocenters. The summed E-state index contributed by atoms with van der Waals surface area (Å²) in [4.78, 5) is 15.7. The summed E-state index contributed by atoms with van der Waals surface area (Å²) in [5.74, 6) is 0.222. The van der Waals surface area contributed by atoms with Gasteiger partial charge in [-0.05, 0) is 34.8 Å². The van der Waals surface area contributed by atoms with Crippen molar-refractivity contribution in [2.24, 2.45) is 11.1 Å². The Bertz CT molecular complexity index is 440. The number of rotatable bonds is 4. The molecular formula is C14H21BrN2OS. The Morgan fingerprint density at radius 2 is 2.16 bits per heavy atom. The average Bonchev–Trinajstić information content (AvgIpc) is 2.84. The van der Waals surface area contributed by atoms with E-state index in [-0.39, 0.29) is 11.3 Å². The lowest BCUT2D eigenvalue weighted by Crippen LogP contribution is -2.47. The van der Waals surface area contributed by atoms with Crippen LogP contribution in [0.3, 0.4) is 0 Å². The molecule has 0 aliphatic heterocycles. The molecule has 0 radical (unpaired) electrons. The first kappa shape index (κ1) is 15.0. The van der Waals surface area contributed by atoms with Crippen LogP contribution in [-0.4, -0.2) is 24.4 Å². The zero-order valence-electron chi connectivity index (χ0n) is 11.3.